The number of hydrogen-bond donors (Lipinski definition) is 1. The highest BCUT2D eigenvalue weighted by atomic mass is 35.5. The summed E-state index contributed by atoms with van der Waals surface area (Å²) in [5, 5.41) is 14.1. The number of carbonyl (C=O) groups is 2. The predicted octanol–water partition coefficient (Wildman–Crippen LogP) is 3.38. The number of methoxy groups -OCH3 is 1. The third-order valence-corrected chi connectivity index (χ3v) is 4.02. The zero-order chi connectivity index (χ0) is 20.0. The number of nitro benzene ring substituents is 1. The van der Waals surface area contributed by atoms with Crippen molar-refractivity contribution in [2.45, 2.75) is 6.61 Å². The van der Waals surface area contributed by atoms with Gasteiger partial charge < -0.3 is 14.8 Å². The zero-order valence-corrected chi connectivity index (χ0v) is 15.5. The minimum Gasteiger partial charge on any atom is -0.490 e. The Hall–Kier alpha value is -2.84. The number of ether oxygens (including phenoxy) is 2. The second kappa shape index (κ2) is 9.20. The van der Waals surface area contributed by atoms with Crippen molar-refractivity contribution < 1.29 is 24.0 Å². The maximum atomic E-state index is 12.1. The SMILES string of the molecule is COc1ccc(C(=O)NCC(=O)OCc2ccc(Cl)cc2Cl)cc1[N+](=O)[O-]. The Balaban J connectivity index is 1.92. The third kappa shape index (κ3) is 5.57. The molecule has 0 heterocycles. The summed E-state index contributed by atoms with van der Waals surface area (Å²) >= 11 is 11.8. The summed E-state index contributed by atoms with van der Waals surface area (Å²) in [6.45, 7) is -0.497. The van der Waals surface area contributed by atoms with Gasteiger partial charge in [0.1, 0.15) is 13.2 Å². The summed E-state index contributed by atoms with van der Waals surface area (Å²) in [6, 6.07) is 8.45. The molecule has 1 N–H and O–H groups in total. The van der Waals surface area contributed by atoms with E-state index in [-0.39, 0.29) is 23.6 Å². The summed E-state index contributed by atoms with van der Waals surface area (Å²) < 4.78 is 9.89. The van der Waals surface area contributed by atoms with Gasteiger partial charge in [-0.05, 0) is 24.3 Å². The number of halogens is 2. The van der Waals surface area contributed by atoms with Gasteiger partial charge in [-0.1, -0.05) is 29.3 Å². The average molecular weight is 413 g/mol. The maximum absolute atomic E-state index is 12.1. The summed E-state index contributed by atoms with van der Waals surface area (Å²) in [5.74, 6) is -1.34. The predicted molar refractivity (Wildman–Crippen MR) is 98.2 cm³/mol. The lowest BCUT2D eigenvalue weighted by Gasteiger charge is -2.08. The van der Waals surface area contributed by atoms with Gasteiger partial charge in [-0.3, -0.25) is 19.7 Å². The summed E-state index contributed by atoms with van der Waals surface area (Å²) in [6.07, 6.45) is 0. The quantitative estimate of drug-likeness (QED) is 0.424. The van der Waals surface area contributed by atoms with E-state index in [9.17, 15) is 19.7 Å². The fourth-order valence-electron chi connectivity index (χ4n) is 2.08. The molecule has 0 aliphatic carbocycles. The van der Waals surface area contributed by atoms with E-state index in [1.807, 2.05) is 0 Å². The highest BCUT2D eigenvalue weighted by Gasteiger charge is 2.18. The monoisotopic (exact) mass is 412 g/mol. The molecular weight excluding hydrogens is 399 g/mol. The van der Waals surface area contributed by atoms with Crippen LogP contribution in [0.25, 0.3) is 0 Å². The second-order valence-corrected chi connectivity index (χ2v) is 6.07. The van der Waals surface area contributed by atoms with Crippen LogP contribution in [0.2, 0.25) is 10.0 Å². The van der Waals surface area contributed by atoms with E-state index in [0.717, 1.165) is 6.07 Å². The van der Waals surface area contributed by atoms with Crippen LogP contribution in [0.15, 0.2) is 36.4 Å². The van der Waals surface area contributed by atoms with Gasteiger partial charge in [-0.15, -0.1) is 0 Å². The first-order valence-corrected chi connectivity index (χ1v) is 8.27. The zero-order valence-electron chi connectivity index (χ0n) is 14.0. The minimum atomic E-state index is -0.697. The van der Waals surface area contributed by atoms with Crippen molar-refractivity contribution in [1.29, 1.82) is 0 Å². The van der Waals surface area contributed by atoms with Crippen LogP contribution in [-0.2, 0) is 16.1 Å². The number of esters is 1. The molecule has 1 amide bonds. The molecule has 0 saturated carbocycles. The van der Waals surface area contributed by atoms with Gasteiger partial charge in [0, 0.05) is 27.2 Å². The number of benzene rings is 2. The molecule has 0 unspecified atom stereocenters. The summed E-state index contributed by atoms with van der Waals surface area (Å²) in [4.78, 5) is 34.2. The molecule has 0 aromatic heterocycles. The molecule has 2 rings (SSSR count). The molecule has 2 aromatic rings. The smallest absolute Gasteiger partial charge is 0.325 e. The molecule has 0 radical (unpaired) electrons. The lowest BCUT2D eigenvalue weighted by molar-refractivity contribution is -0.385. The number of carbonyl (C=O) groups excluding carboxylic acids is 2. The first-order valence-electron chi connectivity index (χ1n) is 7.52. The van der Waals surface area contributed by atoms with Crippen LogP contribution in [0.3, 0.4) is 0 Å². The Morgan fingerprint density at radius 2 is 1.93 bits per heavy atom. The second-order valence-electron chi connectivity index (χ2n) is 5.22. The molecule has 8 nitrogen and oxygen atoms in total. The van der Waals surface area contributed by atoms with Crippen molar-refractivity contribution in [2.75, 3.05) is 13.7 Å². The molecule has 0 aliphatic heterocycles. The van der Waals surface area contributed by atoms with Gasteiger partial charge in [0.05, 0.1) is 12.0 Å². The largest absolute Gasteiger partial charge is 0.490 e. The van der Waals surface area contributed by atoms with Crippen LogP contribution in [0.1, 0.15) is 15.9 Å². The van der Waals surface area contributed by atoms with Gasteiger partial charge in [0.15, 0.2) is 5.75 Å². The van der Waals surface area contributed by atoms with Crippen LogP contribution in [-0.4, -0.2) is 30.5 Å². The van der Waals surface area contributed by atoms with E-state index in [1.165, 1.54) is 25.3 Å². The number of hydrogen-bond acceptors (Lipinski definition) is 6. The molecule has 0 aliphatic rings. The molecule has 10 heteroatoms. The van der Waals surface area contributed by atoms with Crippen LogP contribution in [0.5, 0.6) is 5.75 Å². The molecule has 0 bridgehead atoms. The highest BCUT2D eigenvalue weighted by Crippen LogP contribution is 2.27. The molecule has 0 atom stereocenters. The fourth-order valence-corrected chi connectivity index (χ4v) is 2.54. The lowest BCUT2D eigenvalue weighted by atomic mass is 10.1. The highest BCUT2D eigenvalue weighted by molar-refractivity contribution is 6.35. The van der Waals surface area contributed by atoms with Crippen LogP contribution in [0.4, 0.5) is 5.69 Å². The number of nitrogens with zero attached hydrogens (tertiary/aromatic N) is 1. The molecule has 0 fully saturated rings. The van der Waals surface area contributed by atoms with Gasteiger partial charge in [0.25, 0.3) is 5.91 Å². The van der Waals surface area contributed by atoms with Gasteiger partial charge in [-0.2, -0.15) is 0 Å². The average Bonchev–Trinajstić information content (AvgIpc) is 2.64. The Morgan fingerprint density at radius 1 is 1.19 bits per heavy atom. The Kier molecular flexibility index (Phi) is 6.98. The van der Waals surface area contributed by atoms with Gasteiger partial charge >= 0.3 is 11.7 Å². The van der Waals surface area contributed by atoms with Crippen molar-refractivity contribution in [1.82, 2.24) is 5.32 Å². The lowest BCUT2D eigenvalue weighted by Crippen LogP contribution is -2.30. The van der Waals surface area contributed by atoms with Gasteiger partial charge in [-0.25, -0.2) is 0 Å². The number of nitro groups is 1. The third-order valence-electron chi connectivity index (χ3n) is 3.43. The van der Waals surface area contributed by atoms with E-state index in [1.54, 1.807) is 12.1 Å². The maximum Gasteiger partial charge on any atom is 0.325 e. The molecule has 27 heavy (non-hydrogen) atoms. The Morgan fingerprint density at radius 3 is 2.56 bits per heavy atom. The minimum absolute atomic E-state index is 0.0102. The van der Waals surface area contributed by atoms with E-state index < -0.39 is 23.3 Å². The molecule has 142 valence electrons. The molecule has 0 spiro atoms. The number of rotatable bonds is 7. The molecule has 0 saturated heterocycles. The first kappa shape index (κ1) is 20.5. The normalized spacial score (nSPS) is 10.2. The van der Waals surface area contributed by atoms with Crippen LogP contribution < -0.4 is 10.1 Å². The summed E-state index contributed by atoms with van der Waals surface area (Å²) in [7, 11) is 1.28. The van der Waals surface area contributed by atoms with Crippen molar-refractivity contribution in [3.8, 4) is 5.75 Å². The first-order chi connectivity index (χ1) is 12.8. The van der Waals surface area contributed by atoms with Crippen molar-refractivity contribution in [3.05, 3.63) is 67.7 Å². The van der Waals surface area contributed by atoms with Crippen molar-refractivity contribution in [2.24, 2.45) is 0 Å². The number of nitrogens with one attached hydrogen (secondary N) is 1. The van der Waals surface area contributed by atoms with Crippen molar-refractivity contribution >= 4 is 40.8 Å². The van der Waals surface area contributed by atoms with Gasteiger partial charge in [0.2, 0.25) is 0 Å². The van der Waals surface area contributed by atoms with Crippen LogP contribution in [0, 0.1) is 10.1 Å². The molecular formula is C17H14Cl2N2O6. The van der Waals surface area contributed by atoms with Crippen LogP contribution >= 0.6 is 23.2 Å². The fraction of sp³-hybridized carbons (Fsp3) is 0.176. The molecule has 2 aromatic carbocycles. The summed E-state index contributed by atoms with van der Waals surface area (Å²) in [5.41, 5.74) is 0.215. The Bertz CT molecular complexity index is 888. The Labute approximate surface area is 164 Å². The van der Waals surface area contributed by atoms with E-state index in [2.05, 4.69) is 5.32 Å². The van der Waals surface area contributed by atoms with E-state index in [4.69, 9.17) is 32.7 Å². The topological polar surface area (TPSA) is 108 Å². The van der Waals surface area contributed by atoms with Crippen molar-refractivity contribution in [3.63, 3.8) is 0 Å². The van der Waals surface area contributed by atoms with E-state index in [0.29, 0.717) is 15.6 Å². The standard InChI is InChI=1S/C17H14Cl2N2O6/c1-26-15-5-3-10(6-14(15)21(24)25)17(23)20-8-16(22)27-9-11-2-4-12(18)7-13(11)19/h2-7H,8-9H2,1H3,(H,20,23). The number of amides is 1. The van der Waals surface area contributed by atoms with E-state index >= 15 is 0 Å².